The maximum atomic E-state index is 2.75. The summed E-state index contributed by atoms with van der Waals surface area (Å²) in [7, 11) is 3.75. The number of benzene rings is 2. The minimum Gasteiger partial charge on any atom is -0.323 e. The molecule has 1 N–H and O–H groups in total. The summed E-state index contributed by atoms with van der Waals surface area (Å²) in [6, 6.07) is 15.0. The van der Waals surface area contributed by atoms with Gasteiger partial charge in [-0.3, -0.25) is 0 Å². The third-order valence-electron chi connectivity index (χ3n) is 2.26. The second-order valence-corrected chi connectivity index (χ2v) is 3.49. The van der Waals surface area contributed by atoms with E-state index in [1.165, 1.54) is 16.3 Å². The highest BCUT2D eigenvalue weighted by molar-refractivity contribution is 5.85. The lowest BCUT2D eigenvalue weighted by Crippen LogP contribution is -1.89. The van der Waals surface area contributed by atoms with Gasteiger partial charge in [0.2, 0.25) is 0 Å². The lowest BCUT2D eigenvalue weighted by Gasteiger charge is -2.02. The summed E-state index contributed by atoms with van der Waals surface area (Å²) in [5, 5.41) is 5.49. The van der Waals surface area contributed by atoms with Crippen molar-refractivity contribution in [1.29, 1.82) is 0 Å². The van der Waals surface area contributed by atoms with E-state index in [-0.39, 0.29) is 0 Å². The van der Waals surface area contributed by atoms with E-state index in [0.29, 0.717) is 0 Å². The number of hydrogen-bond donors (Lipinski definition) is 1. The highest BCUT2D eigenvalue weighted by Gasteiger charge is 1.95. The second kappa shape index (κ2) is 6.20. The highest BCUT2D eigenvalue weighted by atomic mass is 14.7. The zero-order valence-electron chi connectivity index (χ0n) is 9.75. The van der Waals surface area contributed by atoms with Crippen molar-refractivity contribution in [2.45, 2.75) is 13.3 Å². The molecule has 80 valence electrons. The predicted octanol–water partition coefficient (Wildman–Crippen LogP) is 3.24. The molecule has 0 fully saturated rings. The van der Waals surface area contributed by atoms with E-state index in [0.717, 1.165) is 6.42 Å². The number of fused-ring (bicyclic) bond motifs is 1. The van der Waals surface area contributed by atoms with Crippen LogP contribution in [0.3, 0.4) is 0 Å². The molecule has 0 heterocycles. The van der Waals surface area contributed by atoms with Crippen molar-refractivity contribution in [2.75, 3.05) is 14.1 Å². The van der Waals surface area contributed by atoms with Gasteiger partial charge in [-0.2, -0.15) is 0 Å². The topological polar surface area (TPSA) is 12.0 Å². The van der Waals surface area contributed by atoms with Gasteiger partial charge in [-0.25, -0.2) is 0 Å². The minimum absolute atomic E-state index is 1.11. The molecule has 0 amide bonds. The molecule has 2 rings (SSSR count). The number of rotatable bonds is 1. The van der Waals surface area contributed by atoms with Gasteiger partial charge in [0.1, 0.15) is 0 Å². The molecule has 0 aromatic heterocycles. The Morgan fingerprint density at radius 1 is 0.933 bits per heavy atom. The summed E-state index contributed by atoms with van der Waals surface area (Å²) in [6.07, 6.45) is 1.11. The largest absolute Gasteiger partial charge is 0.323 e. The van der Waals surface area contributed by atoms with Crippen molar-refractivity contribution < 1.29 is 0 Å². The molecule has 0 aliphatic carbocycles. The Balaban J connectivity index is 0.000000337. The molecule has 0 unspecified atom stereocenters. The molecule has 0 aliphatic heterocycles. The van der Waals surface area contributed by atoms with Gasteiger partial charge in [0, 0.05) is 0 Å². The Bertz CT molecular complexity index is 402. The number of nitrogens with one attached hydrogen (secondary N) is 1. The standard InChI is InChI=1S/C12H12.C2H7N/c1-2-10-7-5-8-11-6-3-4-9-12(10)11;1-3-2/h3-9H,2H2,1H3;3H,1-2H3. The number of aryl methyl sites for hydroxylation is 1. The summed E-state index contributed by atoms with van der Waals surface area (Å²) in [6.45, 7) is 2.20. The van der Waals surface area contributed by atoms with Crippen molar-refractivity contribution in [3.8, 4) is 0 Å². The van der Waals surface area contributed by atoms with Crippen LogP contribution in [0.1, 0.15) is 12.5 Å². The van der Waals surface area contributed by atoms with E-state index >= 15 is 0 Å². The zero-order chi connectivity index (χ0) is 11.1. The van der Waals surface area contributed by atoms with Crippen LogP contribution in [0.2, 0.25) is 0 Å². The minimum atomic E-state index is 1.11. The first-order valence-corrected chi connectivity index (χ1v) is 5.38. The summed E-state index contributed by atoms with van der Waals surface area (Å²) in [4.78, 5) is 0. The first-order valence-electron chi connectivity index (χ1n) is 5.38. The molecule has 0 radical (unpaired) electrons. The number of hydrogen-bond acceptors (Lipinski definition) is 1. The van der Waals surface area contributed by atoms with E-state index in [4.69, 9.17) is 0 Å². The Labute approximate surface area is 92.1 Å². The van der Waals surface area contributed by atoms with Crippen molar-refractivity contribution in [2.24, 2.45) is 0 Å². The van der Waals surface area contributed by atoms with Gasteiger partial charge in [-0.15, -0.1) is 0 Å². The monoisotopic (exact) mass is 201 g/mol. The van der Waals surface area contributed by atoms with E-state index in [1.54, 1.807) is 0 Å². The average molecular weight is 201 g/mol. The molecule has 0 spiro atoms. The summed E-state index contributed by atoms with van der Waals surface area (Å²) < 4.78 is 0. The molecule has 1 heteroatoms. The van der Waals surface area contributed by atoms with E-state index in [9.17, 15) is 0 Å². The zero-order valence-corrected chi connectivity index (χ0v) is 9.75. The average Bonchev–Trinajstić information content (AvgIpc) is 2.29. The Morgan fingerprint density at radius 2 is 1.53 bits per heavy atom. The fraction of sp³-hybridized carbons (Fsp3) is 0.286. The van der Waals surface area contributed by atoms with E-state index < -0.39 is 0 Å². The van der Waals surface area contributed by atoms with Gasteiger partial charge in [0.15, 0.2) is 0 Å². The van der Waals surface area contributed by atoms with Crippen LogP contribution in [0.15, 0.2) is 42.5 Å². The third kappa shape index (κ3) is 3.07. The molecule has 0 saturated heterocycles. The Kier molecular flexibility index (Phi) is 4.85. The molecule has 2 aromatic carbocycles. The van der Waals surface area contributed by atoms with Gasteiger partial charge in [0.25, 0.3) is 0 Å². The van der Waals surface area contributed by atoms with Gasteiger partial charge in [-0.05, 0) is 36.9 Å². The molecule has 0 saturated carbocycles. The smallest absolute Gasteiger partial charge is 0.0152 e. The van der Waals surface area contributed by atoms with Gasteiger partial charge >= 0.3 is 0 Å². The maximum absolute atomic E-state index is 2.75. The van der Waals surface area contributed by atoms with Crippen LogP contribution in [0, 0.1) is 0 Å². The van der Waals surface area contributed by atoms with Gasteiger partial charge in [-0.1, -0.05) is 49.4 Å². The van der Waals surface area contributed by atoms with Gasteiger partial charge in [0.05, 0.1) is 0 Å². The van der Waals surface area contributed by atoms with Crippen LogP contribution in [-0.2, 0) is 6.42 Å². The highest BCUT2D eigenvalue weighted by Crippen LogP contribution is 2.18. The molecule has 0 atom stereocenters. The molecule has 1 nitrogen and oxygen atoms in total. The van der Waals surface area contributed by atoms with Crippen molar-refractivity contribution in [1.82, 2.24) is 5.32 Å². The molecule has 15 heavy (non-hydrogen) atoms. The summed E-state index contributed by atoms with van der Waals surface area (Å²) >= 11 is 0. The molecule has 2 aromatic rings. The van der Waals surface area contributed by atoms with Crippen LogP contribution >= 0.6 is 0 Å². The lowest BCUT2D eigenvalue weighted by molar-refractivity contribution is 1.02. The molecule has 0 aliphatic rings. The molecular weight excluding hydrogens is 182 g/mol. The fourth-order valence-electron chi connectivity index (χ4n) is 1.60. The summed E-state index contributed by atoms with van der Waals surface area (Å²) in [5.74, 6) is 0. The normalized spacial score (nSPS) is 9.53. The first kappa shape index (κ1) is 11.7. The fourth-order valence-corrected chi connectivity index (χ4v) is 1.60. The first-order chi connectivity index (χ1) is 7.33. The maximum Gasteiger partial charge on any atom is -0.0152 e. The third-order valence-corrected chi connectivity index (χ3v) is 2.26. The van der Waals surface area contributed by atoms with Crippen molar-refractivity contribution in [3.05, 3.63) is 48.0 Å². The SMILES string of the molecule is CCc1cccc2ccccc12.CNC. The lowest BCUT2D eigenvalue weighted by atomic mass is 10.0. The summed E-state index contributed by atoms with van der Waals surface area (Å²) in [5.41, 5.74) is 1.44. The Hall–Kier alpha value is -1.34. The Morgan fingerprint density at radius 3 is 2.20 bits per heavy atom. The van der Waals surface area contributed by atoms with E-state index in [1.807, 2.05) is 14.1 Å². The quantitative estimate of drug-likeness (QED) is 0.747. The second-order valence-electron chi connectivity index (χ2n) is 3.49. The van der Waals surface area contributed by atoms with Crippen molar-refractivity contribution in [3.63, 3.8) is 0 Å². The van der Waals surface area contributed by atoms with Crippen LogP contribution in [0.25, 0.3) is 10.8 Å². The van der Waals surface area contributed by atoms with Crippen LogP contribution < -0.4 is 5.32 Å². The van der Waals surface area contributed by atoms with Crippen LogP contribution in [-0.4, -0.2) is 14.1 Å². The predicted molar refractivity (Wildman–Crippen MR) is 68.3 cm³/mol. The van der Waals surface area contributed by atoms with Crippen LogP contribution in [0.4, 0.5) is 0 Å². The molecule has 0 bridgehead atoms. The van der Waals surface area contributed by atoms with Gasteiger partial charge < -0.3 is 5.32 Å². The van der Waals surface area contributed by atoms with Crippen LogP contribution in [0.5, 0.6) is 0 Å². The molecular formula is C14H19N. The van der Waals surface area contributed by atoms with E-state index in [2.05, 4.69) is 54.7 Å². The van der Waals surface area contributed by atoms with Crippen molar-refractivity contribution >= 4 is 10.8 Å².